The molecular formula is C14H23N3O2. The first-order valence-electron chi connectivity index (χ1n) is 6.66. The Kier molecular flexibility index (Phi) is 5.76. The van der Waals surface area contributed by atoms with Crippen LogP contribution in [0.3, 0.4) is 0 Å². The van der Waals surface area contributed by atoms with Gasteiger partial charge in [-0.15, -0.1) is 0 Å². The minimum absolute atomic E-state index is 0.180. The number of hydrogen-bond donors (Lipinski definition) is 2. The highest BCUT2D eigenvalue weighted by Crippen LogP contribution is 2.17. The lowest BCUT2D eigenvalue weighted by Gasteiger charge is -2.24. The number of anilines is 1. The van der Waals surface area contributed by atoms with Gasteiger partial charge in [-0.3, -0.25) is 4.98 Å². The van der Waals surface area contributed by atoms with Crippen molar-refractivity contribution in [3.05, 3.63) is 23.5 Å². The van der Waals surface area contributed by atoms with Gasteiger partial charge in [0.05, 0.1) is 5.69 Å². The zero-order valence-corrected chi connectivity index (χ0v) is 12.1. The monoisotopic (exact) mass is 265 g/mol. The Hall–Kier alpha value is -1.62. The molecule has 0 amide bonds. The van der Waals surface area contributed by atoms with Gasteiger partial charge in [-0.25, -0.2) is 4.79 Å². The predicted molar refractivity (Wildman–Crippen MR) is 76.8 cm³/mol. The van der Waals surface area contributed by atoms with Crippen molar-refractivity contribution in [1.82, 2.24) is 9.88 Å². The van der Waals surface area contributed by atoms with Gasteiger partial charge >= 0.3 is 5.97 Å². The molecule has 1 atom stereocenters. The van der Waals surface area contributed by atoms with Crippen molar-refractivity contribution < 1.29 is 9.90 Å². The third-order valence-electron chi connectivity index (χ3n) is 3.10. The van der Waals surface area contributed by atoms with E-state index in [0.717, 1.165) is 25.3 Å². The van der Waals surface area contributed by atoms with E-state index < -0.39 is 5.97 Å². The van der Waals surface area contributed by atoms with E-state index in [1.54, 1.807) is 6.07 Å². The second-order valence-electron chi connectivity index (χ2n) is 4.71. The fourth-order valence-electron chi connectivity index (χ4n) is 2.03. The highest BCUT2D eigenvalue weighted by molar-refractivity contribution is 5.93. The zero-order valence-electron chi connectivity index (χ0n) is 12.1. The Morgan fingerprint density at radius 3 is 2.63 bits per heavy atom. The maximum absolute atomic E-state index is 11.2. The van der Waals surface area contributed by atoms with Crippen molar-refractivity contribution in [1.29, 1.82) is 0 Å². The van der Waals surface area contributed by atoms with Crippen LogP contribution >= 0.6 is 0 Å². The second kappa shape index (κ2) is 7.09. The number of hydrogen-bond acceptors (Lipinski definition) is 4. The lowest BCUT2D eigenvalue weighted by Crippen LogP contribution is -2.35. The summed E-state index contributed by atoms with van der Waals surface area (Å²) >= 11 is 0. The predicted octanol–water partition coefficient (Wildman–Crippen LogP) is 2.23. The van der Waals surface area contributed by atoms with Crippen molar-refractivity contribution in [3.8, 4) is 0 Å². The van der Waals surface area contributed by atoms with Crippen LogP contribution in [0.2, 0.25) is 0 Å². The van der Waals surface area contributed by atoms with Crippen molar-refractivity contribution in [2.45, 2.75) is 33.7 Å². The molecule has 5 nitrogen and oxygen atoms in total. The number of carbonyl (C=O) groups is 1. The molecule has 0 aliphatic rings. The minimum Gasteiger partial charge on any atom is -0.478 e. The van der Waals surface area contributed by atoms with Crippen LogP contribution in [0.5, 0.6) is 0 Å². The molecular weight excluding hydrogens is 242 g/mol. The average molecular weight is 265 g/mol. The molecule has 0 bridgehead atoms. The van der Waals surface area contributed by atoms with Gasteiger partial charge in [0.15, 0.2) is 0 Å². The van der Waals surface area contributed by atoms with Crippen LogP contribution in [-0.2, 0) is 0 Å². The number of aryl methyl sites for hydroxylation is 1. The molecule has 0 saturated carbocycles. The van der Waals surface area contributed by atoms with Gasteiger partial charge in [0.2, 0.25) is 0 Å². The summed E-state index contributed by atoms with van der Waals surface area (Å²) in [6.45, 7) is 11.0. The number of rotatable bonds is 7. The van der Waals surface area contributed by atoms with Crippen molar-refractivity contribution in [3.63, 3.8) is 0 Å². The Balaban J connectivity index is 2.80. The molecule has 19 heavy (non-hydrogen) atoms. The third-order valence-corrected chi connectivity index (χ3v) is 3.10. The summed E-state index contributed by atoms with van der Waals surface area (Å²) in [6.07, 6.45) is 1.41. The summed E-state index contributed by atoms with van der Waals surface area (Å²) in [5.74, 6) is -0.954. The molecule has 0 spiro atoms. The Morgan fingerprint density at radius 1 is 1.47 bits per heavy atom. The Labute approximate surface area is 114 Å². The number of carboxylic acids is 1. The fourth-order valence-corrected chi connectivity index (χ4v) is 2.03. The minimum atomic E-state index is -0.954. The van der Waals surface area contributed by atoms with E-state index in [9.17, 15) is 4.79 Å². The van der Waals surface area contributed by atoms with Gasteiger partial charge in [-0.05, 0) is 33.0 Å². The number of aromatic nitrogens is 1. The molecule has 1 aromatic heterocycles. The average Bonchev–Trinajstić information content (AvgIpc) is 2.35. The van der Waals surface area contributed by atoms with Gasteiger partial charge < -0.3 is 15.3 Å². The summed E-state index contributed by atoms with van der Waals surface area (Å²) in [5, 5.41) is 12.4. The normalized spacial score (nSPS) is 12.5. The molecule has 1 rings (SSSR count). The molecule has 1 aromatic rings. The van der Waals surface area contributed by atoms with Crippen molar-refractivity contribution >= 4 is 11.7 Å². The quantitative estimate of drug-likeness (QED) is 0.791. The van der Waals surface area contributed by atoms with Gasteiger partial charge in [0, 0.05) is 24.5 Å². The number of carboxylic acid groups (broad SMARTS) is 1. The van der Waals surface area contributed by atoms with Gasteiger partial charge in [0.25, 0.3) is 0 Å². The fraction of sp³-hybridized carbons (Fsp3) is 0.571. The summed E-state index contributed by atoms with van der Waals surface area (Å²) in [5.41, 5.74) is 1.67. The standard InChI is InChI=1S/C14H23N3O2/c1-5-17(6-2)9-11(4)16-13-7-10(3)15-8-12(13)14(18)19/h7-8,11H,5-6,9H2,1-4H3,(H,15,16)(H,18,19). The lowest BCUT2D eigenvalue weighted by atomic mass is 10.2. The van der Waals surface area contributed by atoms with E-state index >= 15 is 0 Å². The van der Waals surface area contributed by atoms with Gasteiger partial charge in [-0.2, -0.15) is 0 Å². The van der Waals surface area contributed by atoms with Crippen molar-refractivity contribution in [2.24, 2.45) is 0 Å². The first-order chi connectivity index (χ1) is 8.97. The smallest absolute Gasteiger partial charge is 0.339 e. The number of nitrogens with zero attached hydrogens (tertiary/aromatic N) is 2. The summed E-state index contributed by atoms with van der Waals surface area (Å²) in [6, 6.07) is 1.96. The molecule has 0 saturated heterocycles. The van der Waals surface area contributed by atoms with Crippen LogP contribution in [0.1, 0.15) is 36.8 Å². The van der Waals surface area contributed by atoms with Crippen molar-refractivity contribution in [2.75, 3.05) is 25.0 Å². The van der Waals surface area contributed by atoms with Crippen LogP contribution in [0.15, 0.2) is 12.3 Å². The number of pyridine rings is 1. The molecule has 0 aliphatic carbocycles. The summed E-state index contributed by atoms with van der Waals surface area (Å²) in [4.78, 5) is 17.5. The molecule has 0 fully saturated rings. The lowest BCUT2D eigenvalue weighted by molar-refractivity contribution is 0.0697. The van der Waals surface area contributed by atoms with Crippen LogP contribution < -0.4 is 5.32 Å². The third kappa shape index (κ3) is 4.52. The number of aromatic carboxylic acids is 1. The Morgan fingerprint density at radius 2 is 2.11 bits per heavy atom. The SMILES string of the molecule is CCN(CC)CC(C)Nc1cc(C)ncc1C(=O)O. The van der Waals surface area contributed by atoms with E-state index in [4.69, 9.17) is 5.11 Å². The van der Waals surface area contributed by atoms with Crippen LogP contribution in [-0.4, -0.2) is 46.6 Å². The molecule has 0 radical (unpaired) electrons. The van der Waals surface area contributed by atoms with E-state index in [2.05, 4.69) is 36.0 Å². The highest BCUT2D eigenvalue weighted by atomic mass is 16.4. The second-order valence-corrected chi connectivity index (χ2v) is 4.71. The van der Waals surface area contributed by atoms with Gasteiger partial charge in [0.1, 0.15) is 5.56 Å². The molecule has 0 aliphatic heterocycles. The van der Waals surface area contributed by atoms with E-state index in [1.807, 2.05) is 6.92 Å². The van der Waals surface area contributed by atoms with Crippen LogP contribution in [0.25, 0.3) is 0 Å². The molecule has 1 heterocycles. The first-order valence-corrected chi connectivity index (χ1v) is 6.66. The van der Waals surface area contributed by atoms with E-state index in [-0.39, 0.29) is 11.6 Å². The molecule has 2 N–H and O–H groups in total. The topological polar surface area (TPSA) is 65.5 Å². The number of nitrogens with one attached hydrogen (secondary N) is 1. The van der Waals surface area contributed by atoms with Crippen LogP contribution in [0, 0.1) is 6.92 Å². The largest absolute Gasteiger partial charge is 0.478 e. The molecule has 1 unspecified atom stereocenters. The molecule has 5 heteroatoms. The maximum atomic E-state index is 11.2. The highest BCUT2D eigenvalue weighted by Gasteiger charge is 2.14. The molecule has 0 aromatic carbocycles. The molecule has 106 valence electrons. The van der Waals surface area contributed by atoms with E-state index in [1.165, 1.54) is 6.20 Å². The first kappa shape index (κ1) is 15.4. The summed E-state index contributed by atoms with van der Waals surface area (Å²) < 4.78 is 0. The van der Waals surface area contributed by atoms with Gasteiger partial charge in [-0.1, -0.05) is 13.8 Å². The number of likely N-dealkylation sites (N-methyl/N-ethyl adjacent to an activating group) is 1. The van der Waals surface area contributed by atoms with Crippen LogP contribution in [0.4, 0.5) is 5.69 Å². The maximum Gasteiger partial charge on any atom is 0.339 e. The Bertz CT molecular complexity index is 431. The zero-order chi connectivity index (χ0) is 14.4. The van der Waals surface area contributed by atoms with E-state index in [0.29, 0.717) is 5.69 Å². The summed E-state index contributed by atoms with van der Waals surface area (Å²) in [7, 11) is 0.